The van der Waals surface area contributed by atoms with E-state index in [0.717, 1.165) is 57.2 Å². The summed E-state index contributed by atoms with van der Waals surface area (Å²) in [5.41, 5.74) is 3.22. The van der Waals surface area contributed by atoms with Gasteiger partial charge in [-0.15, -0.1) is 0 Å². The van der Waals surface area contributed by atoms with Crippen molar-refractivity contribution >= 4 is 34.0 Å². The Kier molecular flexibility index (Phi) is 8.16. The molecular formula is C34H37ClF5N7O2. The molecule has 262 valence electrons. The summed E-state index contributed by atoms with van der Waals surface area (Å²) < 4.78 is 85.0. The van der Waals surface area contributed by atoms with Gasteiger partial charge in [0.2, 0.25) is 0 Å². The lowest BCUT2D eigenvalue weighted by molar-refractivity contribution is -0.137. The van der Waals surface area contributed by atoms with Gasteiger partial charge in [-0.05, 0) is 75.1 Å². The van der Waals surface area contributed by atoms with Crippen LogP contribution in [0.3, 0.4) is 0 Å². The van der Waals surface area contributed by atoms with Crippen LogP contribution in [0.5, 0.6) is 6.01 Å². The van der Waals surface area contributed by atoms with Crippen molar-refractivity contribution in [3.8, 4) is 17.3 Å². The van der Waals surface area contributed by atoms with E-state index in [4.69, 9.17) is 31.8 Å². The zero-order chi connectivity index (χ0) is 34.1. The van der Waals surface area contributed by atoms with Gasteiger partial charge < -0.3 is 25.4 Å². The van der Waals surface area contributed by atoms with Crippen molar-refractivity contribution in [3.63, 3.8) is 0 Å². The fourth-order valence-electron chi connectivity index (χ4n) is 9.05. The molecule has 3 atom stereocenters. The third kappa shape index (κ3) is 5.68. The van der Waals surface area contributed by atoms with Crippen LogP contribution in [0.4, 0.5) is 33.5 Å². The van der Waals surface area contributed by atoms with Crippen LogP contribution in [-0.4, -0.2) is 83.0 Å². The number of hydrogen-bond donors (Lipinski definition) is 2. The molecule has 0 aliphatic carbocycles. The number of nitrogens with one attached hydrogen (secondary N) is 1. The number of halogens is 6. The second kappa shape index (κ2) is 12.2. The second-order valence-corrected chi connectivity index (χ2v) is 14.6. The Balaban J connectivity index is 1.24. The van der Waals surface area contributed by atoms with E-state index in [0.29, 0.717) is 62.9 Å². The molecule has 5 aliphatic rings. The van der Waals surface area contributed by atoms with Crippen LogP contribution in [0.1, 0.15) is 50.5 Å². The van der Waals surface area contributed by atoms with Crippen LogP contribution in [0, 0.1) is 11.7 Å². The molecule has 8 rings (SSSR count). The Morgan fingerprint density at radius 2 is 1.98 bits per heavy atom. The van der Waals surface area contributed by atoms with E-state index in [1.165, 1.54) is 6.20 Å². The van der Waals surface area contributed by atoms with Gasteiger partial charge in [0.25, 0.3) is 0 Å². The van der Waals surface area contributed by atoms with Crippen LogP contribution >= 0.6 is 11.6 Å². The van der Waals surface area contributed by atoms with Crippen LogP contribution in [-0.2, 0) is 10.9 Å². The molecule has 49 heavy (non-hydrogen) atoms. The predicted octanol–water partition coefficient (Wildman–Crippen LogP) is 6.29. The SMILES string of the molecule is Nc1cc(Cl)c(C(F)(F)F)c(-c2ncc3c(N4C[C@@H]5CC[C@](C6CCOCC6)(C4)N5)nc(OC[C@@]45CCCN4C/C(=C\F)C5)nc3c2F)c1. The maximum atomic E-state index is 16.7. The number of alkyl halides is 3. The molecule has 3 N–H and O–H groups in total. The summed E-state index contributed by atoms with van der Waals surface area (Å²) in [6, 6.07) is 2.05. The number of hydrogen-bond acceptors (Lipinski definition) is 9. The molecule has 1 aromatic carbocycles. The molecule has 5 saturated heterocycles. The third-order valence-corrected chi connectivity index (χ3v) is 11.6. The highest BCUT2D eigenvalue weighted by Crippen LogP contribution is 2.46. The maximum Gasteiger partial charge on any atom is 0.418 e. The van der Waals surface area contributed by atoms with Crippen LogP contribution in [0.15, 0.2) is 30.2 Å². The lowest BCUT2D eigenvalue weighted by Gasteiger charge is -2.47. The lowest BCUT2D eigenvalue weighted by Crippen LogP contribution is -2.63. The molecule has 2 aromatic heterocycles. The standard InChI is InChI=1S/C34H37ClF5N7O2/c35-25-11-21(41)10-23(26(25)34(38,39)40)28-27(37)29-24(14-42-28)30(46-16-22-2-6-33(17-46,45-22)20-3-8-48-9-4-20)44-31(43-29)49-18-32-5-1-7-47(32)15-19(12-32)13-36/h10-11,13-14,20,22,45H,1-9,12,15-18,41H2/b19-13-/t22-,32-,33+/m0/s1. The summed E-state index contributed by atoms with van der Waals surface area (Å²) in [7, 11) is 0. The molecule has 15 heteroatoms. The van der Waals surface area contributed by atoms with E-state index in [2.05, 4.69) is 25.1 Å². The monoisotopic (exact) mass is 705 g/mol. The van der Waals surface area contributed by atoms with Crippen molar-refractivity contribution in [2.24, 2.45) is 5.92 Å². The van der Waals surface area contributed by atoms with Gasteiger partial charge in [0, 0.05) is 61.9 Å². The van der Waals surface area contributed by atoms with Crippen molar-refractivity contribution in [3.05, 3.63) is 46.6 Å². The Hall–Kier alpha value is -3.33. The van der Waals surface area contributed by atoms with Gasteiger partial charge in [0.15, 0.2) is 5.82 Å². The summed E-state index contributed by atoms with van der Waals surface area (Å²) in [6.45, 7) is 4.02. The van der Waals surface area contributed by atoms with Gasteiger partial charge in [0.1, 0.15) is 23.6 Å². The molecule has 0 unspecified atom stereocenters. The minimum absolute atomic E-state index is 0.0740. The quantitative estimate of drug-likeness (QED) is 0.226. The van der Waals surface area contributed by atoms with Gasteiger partial charge in [-0.1, -0.05) is 11.6 Å². The Morgan fingerprint density at radius 1 is 1.16 bits per heavy atom. The first-order valence-corrected chi connectivity index (χ1v) is 17.2. The number of rotatable bonds is 6. The number of fused-ring (bicyclic) bond motifs is 4. The summed E-state index contributed by atoms with van der Waals surface area (Å²) in [6.07, 6.45) is 3.06. The Bertz CT molecular complexity index is 1820. The minimum atomic E-state index is -4.91. The van der Waals surface area contributed by atoms with E-state index in [1.54, 1.807) is 0 Å². The normalized spacial score (nSPS) is 28.6. The molecule has 5 fully saturated rings. The summed E-state index contributed by atoms with van der Waals surface area (Å²) in [4.78, 5) is 17.8. The zero-order valence-corrected chi connectivity index (χ0v) is 27.5. The van der Waals surface area contributed by atoms with Gasteiger partial charge in [-0.25, -0.2) is 8.78 Å². The fraction of sp³-hybridized carbons (Fsp3) is 0.559. The Labute approximate surface area is 285 Å². The van der Waals surface area contributed by atoms with Crippen molar-refractivity contribution < 1.29 is 31.4 Å². The van der Waals surface area contributed by atoms with E-state index in [1.807, 2.05) is 0 Å². The first-order valence-electron chi connectivity index (χ1n) is 16.8. The highest BCUT2D eigenvalue weighted by Gasteiger charge is 2.51. The molecule has 0 radical (unpaired) electrons. The highest BCUT2D eigenvalue weighted by atomic mass is 35.5. The van der Waals surface area contributed by atoms with Crippen molar-refractivity contribution in [1.29, 1.82) is 0 Å². The number of nitrogen functional groups attached to an aromatic ring is 1. The number of pyridine rings is 1. The maximum absolute atomic E-state index is 16.7. The smallest absolute Gasteiger partial charge is 0.418 e. The molecule has 0 amide bonds. The predicted molar refractivity (Wildman–Crippen MR) is 175 cm³/mol. The van der Waals surface area contributed by atoms with E-state index < -0.39 is 39.4 Å². The van der Waals surface area contributed by atoms with Gasteiger partial charge in [-0.2, -0.15) is 23.1 Å². The number of benzene rings is 1. The van der Waals surface area contributed by atoms with Crippen LogP contribution in [0.25, 0.3) is 22.2 Å². The van der Waals surface area contributed by atoms with E-state index >= 15 is 4.39 Å². The third-order valence-electron chi connectivity index (χ3n) is 11.3. The molecule has 0 spiro atoms. The number of nitrogens with two attached hydrogens (primary N) is 1. The summed E-state index contributed by atoms with van der Waals surface area (Å²) in [5, 5.41) is 3.46. The second-order valence-electron chi connectivity index (χ2n) is 14.2. The number of nitrogens with zero attached hydrogens (tertiary/aromatic N) is 5. The molecule has 9 nitrogen and oxygen atoms in total. The lowest BCUT2D eigenvalue weighted by atomic mass is 9.77. The highest BCUT2D eigenvalue weighted by molar-refractivity contribution is 6.32. The van der Waals surface area contributed by atoms with E-state index in [-0.39, 0.29) is 40.8 Å². The fourth-order valence-corrected chi connectivity index (χ4v) is 9.38. The number of ether oxygens (including phenoxy) is 2. The van der Waals surface area contributed by atoms with Crippen molar-refractivity contribution in [1.82, 2.24) is 25.2 Å². The molecule has 5 aliphatic heterocycles. The van der Waals surface area contributed by atoms with Crippen molar-refractivity contribution in [2.45, 2.75) is 68.2 Å². The Morgan fingerprint density at radius 3 is 2.76 bits per heavy atom. The molecule has 2 bridgehead atoms. The van der Waals surface area contributed by atoms with Gasteiger partial charge >= 0.3 is 12.2 Å². The zero-order valence-electron chi connectivity index (χ0n) is 26.8. The number of piperazine rings is 1. The molecule has 3 aromatic rings. The van der Waals surface area contributed by atoms with Crippen LogP contribution in [0.2, 0.25) is 5.02 Å². The first-order chi connectivity index (χ1) is 23.5. The summed E-state index contributed by atoms with van der Waals surface area (Å²) in [5.74, 6) is -0.290. The molecule has 0 saturated carbocycles. The summed E-state index contributed by atoms with van der Waals surface area (Å²) >= 11 is 6.02. The number of aromatic nitrogens is 3. The van der Waals surface area contributed by atoms with E-state index in [9.17, 15) is 17.6 Å². The van der Waals surface area contributed by atoms with Crippen LogP contribution < -0.4 is 20.7 Å². The minimum Gasteiger partial charge on any atom is -0.461 e. The molecule has 7 heterocycles. The number of anilines is 2. The average Bonchev–Trinajstić information content (AvgIpc) is 3.73. The average molecular weight is 706 g/mol. The first kappa shape index (κ1) is 32.9. The molecular weight excluding hydrogens is 669 g/mol. The topological polar surface area (TPSA) is 102 Å². The van der Waals surface area contributed by atoms with Gasteiger partial charge in [0.05, 0.1) is 27.8 Å². The largest absolute Gasteiger partial charge is 0.461 e. The van der Waals surface area contributed by atoms with Gasteiger partial charge in [-0.3, -0.25) is 9.88 Å². The van der Waals surface area contributed by atoms with Crippen molar-refractivity contribution in [2.75, 3.05) is 56.6 Å².